The maximum Gasteiger partial charge on any atom is 0.255 e. The molecule has 3 rings (SSSR count). The number of carbonyl (C=O) groups is 1. The van der Waals surface area contributed by atoms with Gasteiger partial charge in [-0.05, 0) is 41.0 Å². The van der Waals surface area contributed by atoms with E-state index in [4.69, 9.17) is 9.94 Å². The van der Waals surface area contributed by atoms with Crippen molar-refractivity contribution in [1.29, 1.82) is 0 Å². The van der Waals surface area contributed by atoms with Crippen LogP contribution in [0.5, 0.6) is 5.75 Å². The van der Waals surface area contributed by atoms with Crippen LogP contribution in [0.1, 0.15) is 22.6 Å². The van der Waals surface area contributed by atoms with Gasteiger partial charge in [0.2, 0.25) is 0 Å². The topological polar surface area (TPSA) is 58.6 Å². The Balaban J connectivity index is 1.82. The first kappa shape index (κ1) is 17.6. The highest BCUT2D eigenvalue weighted by atomic mass is 19.1. The lowest BCUT2D eigenvalue weighted by Crippen LogP contribution is -2.27. The summed E-state index contributed by atoms with van der Waals surface area (Å²) in [4.78, 5) is 12.2. The Bertz CT molecular complexity index is 866. The molecule has 0 aliphatic heterocycles. The van der Waals surface area contributed by atoms with E-state index in [1.807, 2.05) is 30.3 Å². The third-order valence-electron chi connectivity index (χ3n) is 4.02. The highest BCUT2D eigenvalue weighted by Gasteiger charge is 2.22. The highest BCUT2D eigenvalue weighted by molar-refractivity contribution is 5.86. The predicted molar refractivity (Wildman–Crippen MR) is 95.4 cm³/mol. The zero-order valence-corrected chi connectivity index (χ0v) is 13.9. The van der Waals surface area contributed by atoms with E-state index in [-0.39, 0.29) is 12.4 Å². The highest BCUT2D eigenvalue weighted by Crippen LogP contribution is 2.28. The Labute approximate surface area is 150 Å². The number of halogens is 1. The summed E-state index contributed by atoms with van der Waals surface area (Å²) in [6, 6.07) is 22.4. The largest absolute Gasteiger partial charge is 0.489 e. The molecule has 132 valence electrons. The molecular weight excluding hydrogens is 333 g/mol. The molecule has 0 aliphatic carbocycles. The average molecular weight is 351 g/mol. The molecule has 0 fully saturated rings. The molecule has 0 saturated carbocycles. The van der Waals surface area contributed by atoms with Gasteiger partial charge < -0.3 is 4.74 Å². The van der Waals surface area contributed by atoms with Gasteiger partial charge in [-0.2, -0.15) is 0 Å². The molecule has 0 heterocycles. The van der Waals surface area contributed by atoms with Crippen LogP contribution in [0, 0.1) is 5.82 Å². The van der Waals surface area contributed by atoms with Gasteiger partial charge in [0.15, 0.2) is 0 Å². The van der Waals surface area contributed by atoms with Gasteiger partial charge in [-0.1, -0.05) is 54.6 Å². The lowest BCUT2D eigenvalue weighted by molar-refractivity contribution is -0.129. The number of hydrogen-bond acceptors (Lipinski definition) is 3. The number of hydroxylamine groups is 1. The summed E-state index contributed by atoms with van der Waals surface area (Å²) >= 11 is 0. The fourth-order valence-corrected chi connectivity index (χ4v) is 2.74. The zero-order valence-electron chi connectivity index (χ0n) is 13.9. The SMILES string of the molecule is O=C(NO)C(c1ccccc1)c1cccc(OCc2ccc(F)cc2)c1. The Hall–Kier alpha value is -3.18. The van der Waals surface area contributed by atoms with E-state index in [0.717, 1.165) is 11.1 Å². The smallest absolute Gasteiger partial charge is 0.255 e. The van der Waals surface area contributed by atoms with Crippen molar-refractivity contribution >= 4 is 5.91 Å². The summed E-state index contributed by atoms with van der Waals surface area (Å²) in [6.45, 7) is 0.284. The van der Waals surface area contributed by atoms with Gasteiger partial charge in [-0.25, -0.2) is 9.87 Å². The van der Waals surface area contributed by atoms with Crippen molar-refractivity contribution in [3.05, 3.63) is 101 Å². The summed E-state index contributed by atoms with van der Waals surface area (Å²) in [7, 11) is 0. The van der Waals surface area contributed by atoms with Crippen LogP contribution >= 0.6 is 0 Å². The second kappa shape index (κ2) is 8.27. The predicted octanol–water partition coefficient (Wildman–Crippen LogP) is 4.04. The Kier molecular flexibility index (Phi) is 5.61. The molecule has 3 aromatic carbocycles. The van der Waals surface area contributed by atoms with Crippen LogP contribution < -0.4 is 10.2 Å². The van der Waals surface area contributed by atoms with Crippen molar-refractivity contribution in [2.24, 2.45) is 0 Å². The fourth-order valence-electron chi connectivity index (χ4n) is 2.74. The van der Waals surface area contributed by atoms with Gasteiger partial charge in [-0.15, -0.1) is 0 Å². The van der Waals surface area contributed by atoms with E-state index < -0.39 is 11.8 Å². The lowest BCUT2D eigenvalue weighted by atomic mass is 9.90. The van der Waals surface area contributed by atoms with Gasteiger partial charge >= 0.3 is 0 Å². The summed E-state index contributed by atoms with van der Waals surface area (Å²) < 4.78 is 18.7. The Morgan fingerprint density at radius 1 is 0.962 bits per heavy atom. The summed E-state index contributed by atoms with van der Waals surface area (Å²) in [5.74, 6) is -0.891. The fraction of sp³-hybridized carbons (Fsp3) is 0.0952. The lowest BCUT2D eigenvalue weighted by Gasteiger charge is -2.17. The Morgan fingerprint density at radius 2 is 1.65 bits per heavy atom. The maximum atomic E-state index is 13.0. The minimum Gasteiger partial charge on any atom is -0.489 e. The third kappa shape index (κ3) is 4.26. The van der Waals surface area contributed by atoms with Gasteiger partial charge in [0, 0.05) is 0 Å². The molecule has 5 heteroatoms. The van der Waals surface area contributed by atoms with E-state index in [9.17, 15) is 9.18 Å². The number of amides is 1. The number of ether oxygens (including phenoxy) is 1. The number of nitrogens with one attached hydrogen (secondary N) is 1. The maximum absolute atomic E-state index is 13.0. The van der Waals surface area contributed by atoms with Gasteiger partial charge in [0.1, 0.15) is 18.2 Å². The van der Waals surface area contributed by atoms with Crippen LogP contribution in [0.2, 0.25) is 0 Å². The van der Waals surface area contributed by atoms with Crippen molar-refractivity contribution in [2.45, 2.75) is 12.5 Å². The molecular formula is C21H18FNO3. The average Bonchev–Trinajstić information content (AvgIpc) is 2.69. The standard InChI is InChI=1S/C21H18FNO3/c22-18-11-9-15(10-12-18)14-26-19-8-4-7-17(13-19)20(21(24)23-25)16-5-2-1-3-6-16/h1-13,20,25H,14H2,(H,23,24). The summed E-state index contributed by atoms with van der Waals surface area (Å²) in [6.07, 6.45) is 0. The molecule has 0 bridgehead atoms. The van der Waals surface area contributed by atoms with Crippen LogP contribution in [0.15, 0.2) is 78.9 Å². The molecule has 1 atom stereocenters. The quantitative estimate of drug-likeness (QED) is 0.520. The van der Waals surface area contributed by atoms with Gasteiger partial charge in [0.25, 0.3) is 5.91 Å². The van der Waals surface area contributed by atoms with Gasteiger partial charge in [-0.3, -0.25) is 10.0 Å². The second-order valence-corrected chi connectivity index (χ2v) is 5.81. The normalized spacial score (nSPS) is 11.6. The van der Waals surface area contributed by atoms with Crippen LogP contribution in [-0.4, -0.2) is 11.1 Å². The number of carbonyl (C=O) groups excluding carboxylic acids is 1. The van der Waals surface area contributed by atoms with Crippen LogP contribution in [0.3, 0.4) is 0 Å². The van der Waals surface area contributed by atoms with Crippen molar-refractivity contribution in [3.8, 4) is 5.75 Å². The van der Waals surface area contributed by atoms with Crippen molar-refractivity contribution in [3.63, 3.8) is 0 Å². The van der Waals surface area contributed by atoms with Crippen LogP contribution in [0.25, 0.3) is 0 Å². The molecule has 0 aliphatic rings. The van der Waals surface area contributed by atoms with Crippen molar-refractivity contribution in [2.75, 3.05) is 0 Å². The van der Waals surface area contributed by atoms with Crippen LogP contribution in [-0.2, 0) is 11.4 Å². The van der Waals surface area contributed by atoms with Gasteiger partial charge in [0.05, 0.1) is 5.92 Å². The number of benzene rings is 3. The van der Waals surface area contributed by atoms with Crippen molar-refractivity contribution < 1.29 is 19.1 Å². The molecule has 0 spiro atoms. The minimum atomic E-state index is -0.657. The molecule has 1 unspecified atom stereocenters. The molecule has 3 aromatic rings. The number of rotatable bonds is 6. The molecule has 0 aromatic heterocycles. The molecule has 0 saturated heterocycles. The molecule has 4 nitrogen and oxygen atoms in total. The van der Waals surface area contributed by atoms with E-state index in [0.29, 0.717) is 11.3 Å². The number of hydrogen-bond donors (Lipinski definition) is 2. The van der Waals surface area contributed by atoms with Crippen molar-refractivity contribution in [1.82, 2.24) is 5.48 Å². The third-order valence-corrected chi connectivity index (χ3v) is 4.02. The second-order valence-electron chi connectivity index (χ2n) is 5.81. The first-order chi connectivity index (χ1) is 12.7. The summed E-state index contributed by atoms with van der Waals surface area (Å²) in [5, 5.41) is 9.11. The minimum absolute atomic E-state index is 0.284. The molecule has 2 N–H and O–H groups in total. The first-order valence-electron chi connectivity index (χ1n) is 8.13. The van der Waals surface area contributed by atoms with E-state index in [2.05, 4.69) is 0 Å². The molecule has 0 radical (unpaired) electrons. The van der Waals surface area contributed by atoms with Crippen LogP contribution in [0.4, 0.5) is 4.39 Å². The summed E-state index contributed by atoms with van der Waals surface area (Å²) in [5.41, 5.74) is 4.02. The van der Waals surface area contributed by atoms with E-state index in [1.165, 1.54) is 12.1 Å². The molecule has 26 heavy (non-hydrogen) atoms. The zero-order chi connectivity index (χ0) is 18.4. The molecule has 1 amide bonds. The first-order valence-corrected chi connectivity index (χ1v) is 8.13. The monoisotopic (exact) mass is 351 g/mol. The van der Waals surface area contributed by atoms with E-state index in [1.54, 1.807) is 41.9 Å². The Morgan fingerprint density at radius 3 is 2.35 bits per heavy atom. The van der Waals surface area contributed by atoms with E-state index >= 15 is 0 Å².